The summed E-state index contributed by atoms with van der Waals surface area (Å²) in [4.78, 5) is 0. The largest absolute Gasteiger partial charge is 0.343 e. The van der Waals surface area contributed by atoms with E-state index in [1.807, 2.05) is 0 Å². The van der Waals surface area contributed by atoms with Gasteiger partial charge in [0.15, 0.2) is 7.38 Å². The Labute approximate surface area is 137 Å². The van der Waals surface area contributed by atoms with Gasteiger partial charge >= 0.3 is 0 Å². The second-order valence-electron chi connectivity index (χ2n) is 6.90. The summed E-state index contributed by atoms with van der Waals surface area (Å²) in [5, 5.41) is 2.77. The Morgan fingerprint density at radius 3 is 2.64 bits per heavy atom. The molecule has 1 aliphatic carbocycles. The first-order valence-corrected chi connectivity index (χ1v) is 11.8. The van der Waals surface area contributed by atoms with Gasteiger partial charge in [0, 0.05) is 29.9 Å². The topological polar surface area (TPSA) is 4.93 Å². The van der Waals surface area contributed by atoms with Gasteiger partial charge in [0.05, 0.1) is 5.69 Å². The van der Waals surface area contributed by atoms with E-state index in [1.165, 1.54) is 44.0 Å². The molecule has 4 rings (SSSR count). The molecule has 0 N–H and O–H groups in total. The van der Waals surface area contributed by atoms with Crippen molar-refractivity contribution >= 4 is 34.6 Å². The van der Waals surface area contributed by atoms with Crippen LogP contribution in [0, 0.1) is 6.92 Å². The van der Waals surface area contributed by atoms with Gasteiger partial charge in [-0.3, -0.25) is 0 Å². The zero-order chi connectivity index (χ0) is 15.6. The monoisotopic (exact) mass is 325 g/mol. The Hall–Kier alpha value is -1.51. The molecule has 0 saturated carbocycles. The lowest BCUT2D eigenvalue weighted by Gasteiger charge is -2.16. The maximum Gasteiger partial charge on any atom is 0.181 e. The van der Waals surface area contributed by atoms with E-state index in [2.05, 4.69) is 68.0 Å². The second kappa shape index (κ2) is 4.50. The van der Waals surface area contributed by atoms with Crippen molar-refractivity contribution in [2.75, 3.05) is 0 Å². The predicted octanol–water partition coefficient (Wildman–Crippen LogP) is 4.71. The summed E-state index contributed by atoms with van der Waals surface area (Å²) in [6.07, 6.45) is 1.03. The Morgan fingerprint density at radius 1 is 1.14 bits per heavy atom. The Balaban J connectivity index is 2.11. The first kappa shape index (κ1) is 14.1. The predicted molar refractivity (Wildman–Crippen MR) is 98.9 cm³/mol. The lowest BCUT2D eigenvalue weighted by atomic mass is 10.1. The molecule has 0 radical (unpaired) electrons. The van der Waals surface area contributed by atoms with Crippen molar-refractivity contribution in [2.45, 2.75) is 26.4 Å². The van der Waals surface area contributed by atoms with E-state index >= 15 is 0 Å². The zero-order valence-corrected chi connectivity index (χ0v) is 15.3. The summed E-state index contributed by atoms with van der Waals surface area (Å²) < 4.78 is 2.35. The highest BCUT2D eigenvalue weighted by molar-refractivity contribution is 7.26. The van der Waals surface area contributed by atoms with Crippen LogP contribution in [0.5, 0.6) is 0 Å². The molecule has 1 aliphatic rings. The third kappa shape index (κ3) is 1.84. The summed E-state index contributed by atoms with van der Waals surface area (Å²) in [6.45, 7) is 6.60. The van der Waals surface area contributed by atoms with Gasteiger partial charge in [-0.25, -0.2) is 0 Å². The molecule has 0 fully saturated rings. The van der Waals surface area contributed by atoms with Crippen LogP contribution in [0.3, 0.4) is 0 Å². The van der Waals surface area contributed by atoms with Crippen LogP contribution in [0.1, 0.15) is 16.7 Å². The third-order valence-electron chi connectivity index (χ3n) is 4.85. The highest BCUT2D eigenvalue weighted by atomic mass is 35.6. The highest BCUT2D eigenvalue weighted by Crippen LogP contribution is 2.42. The van der Waals surface area contributed by atoms with Gasteiger partial charge < -0.3 is 4.57 Å². The van der Waals surface area contributed by atoms with Crippen molar-refractivity contribution in [3.05, 3.63) is 53.1 Å². The van der Waals surface area contributed by atoms with Gasteiger partial charge in [-0.2, -0.15) is 11.1 Å². The molecule has 0 bridgehead atoms. The molecule has 0 aliphatic heterocycles. The van der Waals surface area contributed by atoms with E-state index in [0.717, 1.165) is 6.42 Å². The van der Waals surface area contributed by atoms with Gasteiger partial charge in [0.1, 0.15) is 0 Å². The molecule has 112 valence electrons. The van der Waals surface area contributed by atoms with Gasteiger partial charge in [-0.1, -0.05) is 49.0 Å². The normalized spacial score (nSPS) is 13.5. The van der Waals surface area contributed by atoms with E-state index in [-0.39, 0.29) is 0 Å². The van der Waals surface area contributed by atoms with E-state index in [4.69, 9.17) is 11.1 Å². The number of fused-ring (bicyclic) bond motifs is 5. The minimum Gasteiger partial charge on any atom is -0.343 e. The van der Waals surface area contributed by atoms with Crippen molar-refractivity contribution in [1.29, 1.82) is 0 Å². The molecule has 0 amide bonds. The van der Waals surface area contributed by atoms with Crippen molar-refractivity contribution in [2.24, 2.45) is 7.05 Å². The first-order chi connectivity index (χ1) is 10.4. The molecule has 3 aromatic rings. The number of nitrogens with zero attached hydrogens (tertiary/aromatic N) is 1. The highest BCUT2D eigenvalue weighted by Gasteiger charge is 2.30. The molecule has 2 aromatic carbocycles. The fourth-order valence-corrected chi connectivity index (χ4v) is 5.72. The number of aryl methyl sites for hydroxylation is 2. The average Bonchev–Trinajstić information content (AvgIpc) is 2.94. The Morgan fingerprint density at radius 2 is 1.91 bits per heavy atom. The van der Waals surface area contributed by atoms with Crippen molar-refractivity contribution in [3.8, 4) is 11.3 Å². The Bertz CT molecular complexity index is 915. The molecule has 0 spiro atoms. The number of hydrogen-bond donors (Lipinski definition) is 0. The van der Waals surface area contributed by atoms with Crippen LogP contribution in [0.25, 0.3) is 22.2 Å². The molecule has 0 saturated heterocycles. The van der Waals surface area contributed by atoms with Gasteiger partial charge in [-0.05, 0) is 29.3 Å². The number of hydrogen-bond acceptors (Lipinski definition) is 0. The standard InChI is InChI=1S/C19H20ClNSi/c1-12-8-9-14-13(10-12)11-15-18-16(21(2)19(14)15)6-5-7-17(18)22(3,4)20/h5-10H,11H2,1-4H3. The van der Waals surface area contributed by atoms with Crippen LogP contribution < -0.4 is 5.19 Å². The number of rotatable bonds is 1. The summed E-state index contributed by atoms with van der Waals surface area (Å²) in [5.41, 5.74) is 8.34. The fourth-order valence-electron chi connectivity index (χ4n) is 3.88. The third-order valence-corrected chi connectivity index (χ3v) is 7.16. The summed E-state index contributed by atoms with van der Waals surface area (Å²) in [5.74, 6) is 0. The quantitative estimate of drug-likeness (QED) is 0.353. The lowest BCUT2D eigenvalue weighted by molar-refractivity contribution is 0.978. The summed E-state index contributed by atoms with van der Waals surface area (Å²) >= 11 is 6.81. The van der Waals surface area contributed by atoms with Crippen molar-refractivity contribution in [1.82, 2.24) is 4.57 Å². The van der Waals surface area contributed by atoms with Crippen LogP contribution >= 0.6 is 11.1 Å². The van der Waals surface area contributed by atoms with E-state index in [1.54, 1.807) is 0 Å². The molecule has 1 aromatic heterocycles. The number of halogens is 1. The SMILES string of the molecule is Cc1ccc2c(c1)Cc1c-2n(C)c2cccc([Si](C)(C)Cl)c12. The molecule has 3 heteroatoms. The smallest absolute Gasteiger partial charge is 0.181 e. The zero-order valence-electron chi connectivity index (χ0n) is 13.5. The summed E-state index contributed by atoms with van der Waals surface area (Å²) in [6, 6.07) is 13.4. The molecule has 0 unspecified atom stereocenters. The number of aromatic nitrogens is 1. The van der Waals surface area contributed by atoms with E-state index in [9.17, 15) is 0 Å². The van der Waals surface area contributed by atoms with Gasteiger partial charge in [-0.15, -0.1) is 0 Å². The van der Waals surface area contributed by atoms with Gasteiger partial charge in [0.2, 0.25) is 0 Å². The molecular weight excluding hydrogens is 306 g/mol. The van der Waals surface area contributed by atoms with E-state index < -0.39 is 7.38 Å². The molecule has 1 heterocycles. The first-order valence-electron chi connectivity index (χ1n) is 7.77. The van der Waals surface area contributed by atoms with Crippen molar-refractivity contribution in [3.63, 3.8) is 0 Å². The molecule has 1 nitrogen and oxygen atoms in total. The number of benzene rings is 2. The van der Waals surface area contributed by atoms with Crippen LogP contribution in [0.4, 0.5) is 0 Å². The van der Waals surface area contributed by atoms with Crippen LogP contribution in [-0.4, -0.2) is 12.0 Å². The second-order valence-corrected chi connectivity index (χ2v) is 13.2. The van der Waals surface area contributed by atoms with E-state index in [0.29, 0.717) is 0 Å². The maximum absolute atomic E-state index is 6.81. The summed E-state index contributed by atoms with van der Waals surface area (Å²) in [7, 11) is 0.301. The lowest BCUT2D eigenvalue weighted by Crippen LogP contribution is -2.35. The minimum atomic E-state index is -1.88. The molecular formula is C19H20ClNSi. The van der Waals surface area contributed by atoms with Crippen LogP contribution in [0.2, 0.25) is 13.1 Å². The van der Waals surface area contributed by atoms with Gasteiger partial charge in [0.25, 0.3) is 0 Å². The maximum atomic E-state index is 6.81. The fraction of sp³-hybridized carbons (Fsp3) is 0.263. The Kier molecular flexibility index (Phi) is 2.88. The average molecular weight is 326 g/mol. The molecule has 0 atom stereocenters. The van der Waals surface area contributed by atoms with Crippen LogP contribution in [-0.2, 0) is 13.5 Å². The molecule has 22 heavy (non-hydrogen) atoms. The van der Waals surface area contributed by atoms with Crippen LogP contribution in [0.15, 0.2) is 36.4 Å². The van der Waals surface area contributed by atoms with Crippen molar-refractivity contribution < 1.29 is 0 Å². The minimum absolute atomic E-state index is 1.03.